The second-order valence-corrected chi connectivity index (χ2v) is 10.1. The van der Waals surface area contributed by atoms with Crippen molar-refractivity contribution < 1.29 is 23.5 Å². The Balaban J connectivity index is 1.75. The number of halogens is 3. The Bertz CT molecular complexity index is 1540. The molecule has 0 spiro atoms. The van der Waals surface area contributed by atoms with Gasteiger partial charge < -0.3 is 5.11 Å². The number of carbonyl (C=O) groups is 2. The maximum Gasteiger partial charge on any atom is 0.301 e. The number of carbonyl (C=O) groups excluding carboxylic acids is 2. The summed E-state index contributed by atoms with van der Waals surface area (Å²) in [5.74, 6) is -4.16. The molecule has 0 bridgehead atoms. The van der Waals surface area contributed by atoms with Gasteiger partial charge in [0.05, 0.1) is 21.8 Å². The number of hydrogen-bond donors (Lipinski definition) is 1. The molecule has 1 saturated heterocycles. The molecule has 5 rings (SSSR count). The second kappa shape index (κ2) is 8.66. The highest BCUT2D eigenvalue weighted by Gasteiger charge is 2.48. The topological polar surface area (TPSA) is 70.5 Å². The number of hydrogen-bond acceptors (Lipinski definition) is 5. The summed E-state index contributed by atoms with van der Waals surface area (Å²) in [5.41, 5.74) is 2.79. The maximum absolute atomic E-state index is 13.8. The number of aliphatic hydroxyl groups is 1. The lowest BCUT2D eigenvalue weighted by Gasteiger charge is -2.23. The van der Waals surface area contributed by atoms with Crippen molar-refractivity contribution in [1.29, 1.82) is 0 Å². The molecular formula is C26H17BrF2N2O3S. The minimum absolute atomic E-state index is 0.0843. The van der Waals surface area contributed by atoms with Crippen LogP contribution in [0.3, 0.4) is 0 Å². The Hall–Kier alpha value is -3.43. The number of thiazole rings is 1. The Morgan fingerprint density at radius 2 is 1.80 bits per heavy atom. The molecule has 1 aliphatic rings. The number of amides is 1. The number of Topliss-reactive ketones (excluding diaryl/α,β-unsaturated/α-hetero) is 1. The van der Waals surface area contributed by atoms with E-state index in [-0.39, 0.29) is 22.0 Å². The molecule has 35 heavy (non-hydrogen) atoms. The van der Waals surface area contributed by atoms with Gasteiger partial charge in [-0.1, -0.05) is 63.2 Å². The highest BCUT2D eigenvalue weighted by atomic mass is 79.9. The Labute approximate surface area is 211 Å². The van der Waals surface area contributed by atoms with Gasteiger partial charge in [0, 0.05) is 16.1 Å². The van der Waals surface area contributed by atoms with E-state index in [4.69, 9.17) is 0 Å². The number of fused-ring (bicyclic) bond motifs is 1. The molecule has 9 heteroatoms. The fourth-order valence-corrected chi connectivity index (χ4v) is 5.39. The van der Waals surface area contributed by atoms with Crippen LogP contribution in [0.1, 0.15) is 28.3 Å². The summed E-state index contributed by atoms with van der Waals surface area (Å²) in [5, 5.41) is 11.4. The Morgan fingerprint density at radius 1 is 1.06 bits per heavy atom. The maximum atomic E-state index is 13.8. The van der Waals surface area contributed by atoms with Crippen LogP contribution >= 0.6 is 27.3 Å². The SMILES string of the molecule is Cc1cccc(C2/C(=C(\O)c3ccc(Br)c(C)c3)C(=O)C(=O)N2c2nc3cc(F)c(F)cc3s2)c1. The second-order valence-electron chi connectivity index (χ2n) is 8.28. The number of aryl methyl sites for hydroxylation is 2. The number of aromatic nitrogens is 1. The van der Waals surface area contributed by atoms with Crippen molar-refractivity contribution in [2.45, 2.75) is 19.9 Å². The lowest BCUT2D eigenvalue weighted by molar-refractivity contribution is -0.132. The van der Waals surface area contributed by atoms with Gasteiger partial charge in [-0.05, 0) is 43.2 Å². The summed E-state index contributed by atoms with van der Waals surface area (Å²) in [6.45, 7) is 3.72. The summed E-state index contributed by atoms with van der Waals surface area (Å²) < 4.78 is 28.7. The minimum atomic E-state index is -1.06. The summed E-state index contributed by atoms with van der Waals surface area (Å²) in [6, 6.07) is 13.3. The monoisotopic (exact) mass is 554 g/mol. The molecule has 1 aliphatic heterocycles. The van der Waals surface area contributed by atoms with E-state index < -0.39 is 29.4 Å². The summed E-state index contributed by atoms with van der Waals surface area (Å²) in [6.07, 6.45) is 0. The van der Waals surface area contributed by atoms with Crippen molar-refractivity contribution in [3.8, 4) is 0 Å². The number of benzene rings is 3. The van der Waals surface area contributed by atoms with E-state index >= 15 is 0 Å². The van der Waals surface area contributed by atoms with Crippen LogP contribution in [0.2, 0.25) is 0 Å². The molecular weight excluding hydrogens is 538 g/mol. The van der Waals surface area contributed by atoms with E-state index in [2.05, 4.69) is 20.9 Å². The predicted octanol–water partition coefficient (Wildman–Crippen LogP) is 6.58. The molecule has 2 heterocycles. The smallest absolute Gasteiger partial charge is 0.301 e. The van der Waals surface area contributed by atoms with Crippen LogP contribution in [0.5, 0.6) is 0 Å². The molecule has 1 amide bonds. The molecule has 3 aromatic carbocycles. The minimum Gasteiger partial charge on any atom is -0.507 e. The Kier molecular flexibility index (Phi) is 5.77. The summed E-state index contributed by atoms with van der Waals surface area (Å²) in [4.78, 5) is 32.1. The van der Waals surface area contributed by atoms with Gasteiger partial charge in [0.2, 0.25) is 0 Å². The highest BCUT2D eigenvalue weighted by Crippen LogP contribution is 2.44. The van der Waals surface area contributed by atoms with E-state index in [1.807, 2.05) is 26.0 Å². The predicted molar refractivity (Wildman–Crippen MR) is 134 cm³/mol. The quantitative estimate of drug-likeness (QED) is 0.176. The van der Waals surface area contributed by atoms with E-state index in [0.717, 1.165) is 39.1 Å². The van der Waals surface area contributed by atoms with Crippen LogP contribution in [-0.2, 0) is 9.59 Å². The van der Waals surface area contributed by atoms with E-state index in [0.29, 0.717) is 15.8 Å². The first-order valence-electron chi connectivity index (χ1n) is 10.6. The van der Waals surface area contributed by atoms with Gasteiger partial charge in [0.25, 0.3) is 5.78 Å². The zero-order valence-corrected chi connectivity index (χ0v) is 20.9. The summed E-state index contributed by atoms with van der Waals surface area (Å²) in [7, 11) is 0. The first-order chi connectivity index (χ1) is 16.7. The first-order valence-corrected chi connectivity index (χ1v) is 12.2. The van der Waals surface area contributed by atoms with Crippen molar-refractivity contribution in [2.75, 3.05) is 4.90 Å². The zero-order valence-electron chi connectivity index (χ0n) is 18.5. The van der Waals surface area contributed by atoms with Gasteiger partial charge in [-0.2, -0.15) is 0 Å². The van der Waals surface area contributed by atoms with E-state index in [1.165, 1.54) is 4.90 Å². The zero-order chi connectivity index (χ0) is 25.0. The first kappa shape index (κ1) is 23.3. The standard InChI is InChI=1S/C26H17BrF2N2O3S/c1-12-4-3-5-14(8-12)22-21(23(32)15-6-7-16(27)13(2)9-15)24(33)25(34)31(22)26-30-19-10-17(28)18(29)11-20(19)35-26/h3-11,22,32H,1-2H3/b23-21+. The molecule has 1 unspecified atom stereocenters. The number of ketones is 1. The van der Waals surface area contributed by atoms with E-state index in [1.54, 1.807) is 30.3 Å². The number of rotatable bonds is 3. The van der Waals surface area contributed by atoms with Gasteiger partial charge in [-0.15, -0.1) is 0 Å². The number of anilines is 1. The Morgan fingerprint density at radius 3 is 2.51 bits per heavy atom. The molecule has 4 aromatic rings. The molecule has 0 radical (unpaired) electrons. The molecule has 1 atom stereocenters. The van der Waals surface area contributed by atoms with Crippen LogP contribution < -0.4 is 4.90 Å². The third kappa shape index (κ3) is 3.94. The van der Waals surface area contributed by atoms with Crippen LogP contribution in [-0.4, -0.2) is 21.8 Å². The van der Waals surface area contributed by atoms with Gasteiger partial charge in [-0.25, -0.2) is 13.8 Å². The fraction of sp³-hybridized carbons (Fsp3) is 0.115. The molecule has 176 valence electrons. The fourth-order valence-electron chi connectivity index (χ4n) is 4.15. The average molecular weight is 555 g/mol. The van der Waals surface area contributed by atoms with Crippen molar-refractivity contribution in [3.63, 3.8) is 0 Å². The molecule has 1 fully saturated rings. The van der Waals surface area contributed by atoms with Gasteiger partial charge >= 0.3 is 5.91 Å². The van der Waals surface area contributed by atoms with Crippen molar-refractivity contribution in [2.24, 2.45) is 0 Å². The van der Waals surface area contributed by atoms with Crippen molar-refractivity contribution in [3.05, 3.63) is 98.5 Å². The lowest BCUT2D eigenvalue weighted by Crippen LogP contribution is -2.29. The van der Waals surface area contributed by atoms with Crippen molar-refractivity contribution >= 4 is 60.1 Å². The lowest BCUT2D eigenvalue weighted by atomic mass is 9.94. The number of nitrogens with zero attached hydrogens (tertiary/aromatic N) is 2. The molecule has 1 aromatic heterocycles. The molecule has 5 nitrogen and oxygen atoms in total. The molecule has 1 N–H and O–H groups in total. The van der Waals surface area contributed by atoms with Crippen LogP contribution in [0.15, 0.2) is 64.6 Å². The van der Waals surface area contributed by atoms with Crippen molar-refractivity contribution in [1.82, 2.24) is 4.98 Å². The van der Waals surface area contributed by atoms with Gasteiger partial charge in [0.15, 0.2) is 16.8 Å². The number of aliphatic hydroxyl groups excluding tert-OH is 1. The normalized spacial score (nSPS) is 17.5. The largest absolute Gasteiger partial charge is 0.507 e. The van der Waals surface area contributed by atoms with Crippen LogP contribution in [0, 0.1) is 25.5 Å². The molecule has 0 saturated carbocycles. The van der Waals surface area contributed by atoms with Crippen LogP contribution in [0.25, 0.3) is 16.0 Å². The summed E-state index contributed by atoms with van der Waals surface area (Å²) >= 11 is 4.38. The van der Waals surface area contributed by atoms with E-state index in [9.17, 15) is 23.5 Å². The highest BCUT2D eigenvalue weighted by molar-refractivity contribution is 9.10. The van der Waals surface area contributed by atoms with Gasteiger partial charge in [0.1, 0.15) is 5.76 Å². The van der Waals surface area contributed by atoms with Crippen LogP contribution in [0.4, 0.5) is 13.9 Å². The third-order valence-electron chi connectivity index (χ3n) is 5.86. The molecule has 0 aliphatic carbocycles. The van der Waals surface area contributed by atoms with Gasteiger partial charge in [-0.3, -0.25) is 14.5 Å². The third-order valence-corrected chi connectivity index (χ3v) is 7.77. The average Bonchev–Trinajstić information content (AvgIpc) is 3.33.